The van der Waals surface area contributed by atoms with Crippen molar-refractivity contribution < 1.29 is 4.79 Å². The molecule has 1 amide bonds. The number of amides is 1. The number of thioether (sulfide) groups is 1. The molecule has 2 unspecified atom stereocenters. The fraction of sp³-hybridized carbons (Fsp3) is 0.550. The summed E-state index contributed by atoms with van der Waals surface area (Å²) in [4.78, 5) is 13.6. The van der Waals surface area contributed by atoms with Gasteiger partial charge in [-0.2, -0.15) is 0 Å². The lowest BCUT2D eigenvalue weighted by Crippen LogP contribution is -2.20. The van der Waals surface area contributed by atoms with Crippen LogP contribution in [0.1, 0.15) is 66.8 Å². The van der Waals surface area contributed by atoms with E-state index in [2.05, 4.69) is 32.2 Å². The molecule has 3 nitrogen and oxygen atoms in total. The van der Waals surface area contributed by atoms with Crippen LogP contribution in [0.15, 0.2) is 28.7 Å². The van der Waals surface area contributed by atoms with Gasteiger partial charge < -0.3 is 11.1 Å². The van der Waals surface area contributed by atoms with E-state index >= 15 is 0 Å². The molecular formula is C20H28N2OS. The van der Waals surface area contributed by atoms with Crippen LogP contribution in [0, 0.1) is 11.3 Å². The van der Waals surface area contributed by atoms with E-state index in [1.54, 1.807) is 17.5 Å². The molecule has 24 heavy (non-hydrogen) atoms. The zero-order valence-corrected chi connectivity index (χ0v) is 15.9. The maximum atomic E-state index is 12.0. The number of benzene rings is 1. The first-order chi connectivity index (χ1) is 11.4. The molecule has 4 heteroatoms. The molecule has 1 aliphatic carbocycles. The van der Waals surface area contributed by atoms with Crippen LogP contribution in [0.4, 0.5) is 0 Å². The van der Waals surface area contributed by atoms with Crippen molar-refractivity contribution in [2.75, 3.05) is 7.05 Å². The Morgan fingerprint density at radius 1 is 1.42 bits per heavy atom. The number of carbonyl (C=O) groups excluding carboxylic acids is 1. The predicted octanol–water partition coefficient (Wildman–Crippen LogP) is 4.39. The average Bonchev–Trinajstić information content (AvgIpc) is 2.88. The van der Waals surface area contributed by atoms with Crippen molar-refractivity contribution in [2.45, 2.75) is 51.8 Å². The van der Waals surface area contributed by atoms with Gasteiger partial charge in [-0.15, -0.1) is 11.8 Å². The number of allylic oxidation sites excluding steroid dienone is 2. The van der Waals surface area contributed by atoms with Crippen LogP contribution >= 0.6 is 11.8 Å². The largest absolute Gasteiger partial charge is 0.355 e. The molecule has 130 valence electrons. The SMILES string of the molecule is CNC(=O)c1ccc(CN)c(C2SC3=C(CC(C)(C)CC3)C2C)c1. The van der Waals surface area contributed by atoms with Crippen molar-refractivity contribution in [3.05, 3.63) is 45.4 Å². The zero-order chi connectivity index (χ0) is 17.5. The quantitative estimate of drug-likeness (QED) is 0.855. The minimum absolute atomic E-state index is 0.0330. The molecule has 3 rings (SSSR count). The molecule has 1 heterocycles. The number of nitrogens with two attached hydrogens (primary N) is 1. The Labute approximate surface area is 149 Å². The fourth-order valence-electron chi connectivity index (χ4n) is 3.97. The first-order valence-corrected chi connectivity index (χ1v) is 9.68. The molecule has 2 aliphatic rings. The van der Waals surface area contributed by atoms with Gasteiger partial charge in [0.25, 0.3) is 5.91 Å². The Hall–Kier alpha value is -1.26. The molecule has 2 atom stereocenters. The molecule has 0 fully saturated rings. The van der Waals surface area contributed by atoms with Crippen molar-refractivity contribution in [2.24, 2.45) is 17.1 Å². The van der Waals surface area contributed by atoms with Gasteiger partial charge in [-0.05, 0) is 58.8 Å². The maximum absolute atomic E-state index is 12.0. The van der Waals surface area contributed by atoms with E-state index in [1.165, 1.54) is 24.8 Å². The van der Waals surface area contributed by atoms with Gasteiger partial charge in [0, 0.05) is 24.4 Å². The monoisotopic (exact) mass is 344 g/mol. The summed E-state index contributed by atoms with van der Waals surface area (Å²) in [6.07, 6.45) is 3.65. The third-order valence-corrected chi connectivity index (χ3v) is 7.16. The molecule has 1 aromatic carbocycles. The zero-order valence-electron chi connectivity index (χ0n) is 15.1. The molecule has 0 spiro atoms. The summed E-state index contributed by atoms with van der Waals surface area (Å²) >= 11 is 2.01. The Morgan fingerprint density at radius 2 is 2.17 bits per heavy atom. The lowest BCUT2D eigenvalue weighted by Gasteiger charge is -2.32. The molecule has 3 N–H and O–H groups in total. The van der Waals surface area contributed by atoms with E-state index in [-0.39, 0.29) is 5.91 Å². The Balaban J connectivity index is 1.94. The highest BCUT2D eigenvalue weighted by atomic mass is 32.2. The van der Waals surface area contributed by atoms with Gasteiger partial charge in [0.1, 0.15) is 0 Å². The van der Waals surface area contributed by atoms with Crippen molar-refractivity contribution >= 4 is 17.7 Å². The lowest BCUT2D eigenvalue weighted by atomic mass is 9.73. The van der Waals surface area contributed by atoms with Crippen LogP contribution in [0.2, 0.25) is 0 Å². The smallest absolute Gasteiger partial charge is 0.251 e. The van der Waals surface area contributed by atoms with E-state index in [4.69, 9.17) is 5.73 Å². The van der Waals surface area contributed by atoms with Crippen LogP contribution in [-0.2, 0) is 6.54 Å². The van der Waals surface area contributed by atoms with Gasteiger partial charge >= 0.3 is 0 Å². The lowest BCUT2D eigenvalue weighted by molar-refractivity contribution is 0.0963. The van der Waals surface area contributed by atoms with Crippen LogP contribution in [-0.4, -0.2) is 13.0 Å². The third-order valence-electron chi connectivity index (χ3n) is 5.49. The van der Waals surface area contributed by atoms with Crippen molar-refractivity contribution in [1.82, 2.24) is 5.32 Å². The summed E-state index contributed by atoms with van der Waals surface area (Å²) < 4.78 is 0. The van der Waals surface area contributed by atoms with Crippen LogP contribution < -0.4 is 11.1 Å². The van der Waals surface area contributed by atoms with Gasteiger partial charge in [0.15, 0.2) is 0 Å². The fourth-order valence-corrected chi connectivity index (χ4v) is 5.62. The van der Waals surface area contributed by atoms with Gasteiger partial charge in [0.05, 0.1) is 0 Å². The number of hydrogen-bond acceptors (Lipinski definition) is 3. The van der Waals surface area contributed by atoms with Gasteiger partial charge in [-0.25, -0.2) is 0 Å². The first-order valence-electron chi connectivity index (χ1n) is 8.80. The minimum Gasteiger partial charge on any atom is -0.355 e. The standard InChI is InChI=1S/C20H28N2OS/c1-12-16-10-20(2,3)8-7-17(16)24-18(12)15-9-13(19(23)22-4)5-6-14(15)11-21/h5-6,9,12,18H,7-8,10-11,21H2,1-4H3,(H,22,23). The molecule has 0 radical (unpaired) electrons. The summed E-state index contributed by atoms with van der Waals surface area (Å²) in [6.45, 7) is 7.61. The molecule has 1 aromatic rings. The highest BCUT2D eigenvalue weighted by Crippen LogP contribution is 2.59. The Bertz CT molecular complexity index is 693. The molecule has 0 saturated carbocycles. The van der Waals surface area contributed by atoms with Crippen LogP contribution in [0.3, 0.4) is 0 Å². The maximum Gasteiger partial charge on any atom is 0.251 e. The van der Waals surface area contributed by atoms with E-state index in [0.29, 0.717) is 23.1 Å². The first kappa shape index (κ1) is 17.6. The van der Waals surface area contributed by atoms with Gasteiger partial charge in [-0.1, -0.05) is 32.4 Å². The van der Waals surface area contributed by atoms with Crippen molar-refractivity contribution in [1.29, 1.82) is 0 Å². The molecule has 1 aliphatic heterocycles. The van der Waals surface area contributed by atoms with E-state index < -0.39 is 0 Å². The molecular weight excluding hydrogens is 316 g/mol. The molecule has 0 bridgehead atoms. The summed E-state index contributed by atoms with van der Waals surface area (Å²) in [6, 6.07) is 5.96. The minimum atomic E-state index is -0.0330. The highest BCUT2D eigenvalue weighted by molar-refractivity contribution is 8.03. The molecule has 0 saturated heterocycles. The summed E-state index contributed by atoms with van der Waals surface area (Å²) in [7, 11) is 1.67. The predicted molar refractivity (Wildman–Crippen MR) is 102 cm³/mol. The van der Waals surface area contributed by atoms with Crippen LogP contribution in [0.5, 0.6) is 0 Å². The third kappa shape index (κ3) is 3.14. The van der Waals surface area contributed by atoms with Crippen molar-refractivity contribution in [3.63, 3.8) is 0 Å². The van der Waals surface area contributed by atoms with Crippen molar-refractivity contribution in [3.8, 4) is 0 Å². The normalized spacial score (nSPS) is 25.5. The second-order valence-corrected chi connectivity index (χ2v) is 9.05. The summed E-state index contributed by atoms with van der Waals surface area (Å²) in [5.41, 5.74) is 11.2. The number of carbonyl (C=O) groups is 1. The Morgan fingerprint density at radius 3 is 2.83 bits per heavy atom. The Kier molecular flexibility index (Phi) is 4.80. The van der Waals surface area contributed by atoms with Crippen LogP contribution in [0.25, 0.3) is 0 Å². The highest BCUT2D eigenvalue weighted by Gasteiger charge is 2.39. The summed E-state index contributed by atoms with van der Waals surface area (Å²) in [5.74, 6) is 0.476. The van der Waals surface area contributed by atoms with E-state index in [9.17, 15) is 4.79 Å². The molecule has 0 aromatic heterocycles. The number of hydrogen-bond donors (Lipinski definition) is 2. The topological polar surface area (TPSA) is 55.1 Å². The second kappa shape index (κ2) is 6.57. The van der Waals surface area contributed by atoms with Gasteiger partial charge in [0.2, 0.25) is 0 Å². The second-order valence-electron chi connectivity index (χ2n) is 7.81. The number of rotatable bonds is 3. The van der Waals surface area contributed by atoms with E-state index in [1.807, 2.05) is 23.9 Å². The van der Waals surface area contributed by atoms with E-state index in [0.717, 1.165) is 11.1 Å². The average molecular weight is 345 g/mol. The number of nitrogens with one attached hydrogen (secondary N) is 1. The summed E-state index contributed by atoms with van der Waals surface area (Å²) in [5, 5.41) is 3.10. The van der Waals surface area contributed by atoms with Gasteiger partial charge in [-0.3, -0.25) is 4.79 Å².